The van der Waals surface area contributed by atoms with Crippen LogP contribution in [0.4, 0.5) is 0 Å². The van der Waals surface area contributed by atoms with Gasteiger partial charge in [-0.25, -0.2) is 0 Å². The summed E-state index contributed by atoms with van der Waals surface area (Å²) in [5.41, 5.74) is 1.44. The SMILES string of the molecule is S=c1c2ccccc2[se]n1CCCCc1ccccc1. The van der Waals surface area contributed by atoms with Crippen molar-refractivity contribution in [1.82, 2.24) is 3.56 Å². The summed E-state index contributed by atoms with van der Waals surface area (Å²) in [6.45, 7) is 1.10. The molecule has 1 nitrogen and oxygen atoms in total. The molecule has 0 aliphatic heterocycles. The Hall–Kier alpha value is -1.15. The minimum absolute atomic E-state index is 0.389. The maximum atomic E-state index is 5.58. The van der Waals surface area contributed by atoms with Crippen molar-refractivity contribution in [2.24, 2.45) is 0 Å². The first-order valence-corrected chi connectivity index (χ1v) is 9.00. The Labute approximate surface area is 130 Å². The molecule has 3 heteroatoms. The van der Waals surface area contributed by atoms with Crippen molar-refractivity contribution in [2.45, 2.75) is 25.8 Å². The van der Waals surface area contributed by atoms with Gasteiger partial charge >= 0.3 is 131 Å². The normalized spacial score (nSPS) is 11.0. The van der Waals surface area contributed by atoms with Crippen LogP contribution in [0.25, 0.3) is 9.65 Å². The van der Waals surface area contributed by atoms with Crippen molar-refractivity contribution in [2.75, 3.05) is 0 Å². The van der Waals surface area contributed by atoms with Gasteiger partial charge in [0.1, 0.15) is 0 Å². The Morgan fingerprint density at radius 3 is 2.45 bits per heavy atom. The number of fused-ring (bicyclic) bond motifs is 1. The first-order chi connectivity index (χ1) is 9.84. The van der Waals surface area contributed by atoms with E-state index in [9.17, 15) is 0 Å². The molecule has 0 amide bonds. The Balaban J connectivity index is 1.60. The fourth-order valence-electron chi connectivity index (χ4n) is 2.39. The minimum atomic E-state index is 0.389. The van der Waals surface area contributed by atoms with Crippen LogP contribution in [0, 0.1) is 4.64 Å². The van der Waals surface area contributed by atoms with Crippen LogP contribution in [0.3, 0.4) is 0 Å². The summed E-state index contributed by atoms with van der Waals surface area (Å²) in [5.74, 6) is 0. The van der Waals surface area contributed by atoms with Gasteiger partial charge in [0.2, 0.25) is 0 Å². The van der Waals surface area contributed by atoms with Gasteiger partial charge in [-0.1, -0.05) is 0 Å². The van der Waals surface area contributed by atoms with Gasteiger partial charge < -0.3 is 0 Å². The third kappa shape index (κ3) is 3.12. The molecule has 3 rings (SSSR count). The summed E-state index contributed by atoms with van der Waals surface area (Å²) in [4.78, 5) is 0. The van der Waals surface area contributed by atoms with Crippen LogP contribution >= 0.6 is 12.2 Å². The van der Waals surface area contributed by atoms with Gasteiger partial charge in [0.05, 0.1) is 0 Å². The molecule has 0 spiro atoms. The maximum absolute atomic E-state index is 5.58. The number of hydrogen-bond donors (Lipinski definition) is 0. The molecule has 1 aromatic heterocycles. The molecule has 3 aromatic rings. The van der Waals surface area contributed by atoms with E-state index < -0.39 is 0 Å². The molecule has 0 saturated heterocycles. The monoisotopic (exact) mass is 347 g/mol. The fourth-order valence-corrected chi connectivity index (χ4v) is 5.19. The van der Waals surface area contributed by atoms with Gasteiger partial charge in [0.25, 0.3) is 0 Å². The molecule has 0 bridgehead atoms. The van der Waals surface area contributed by atoms with Crippen LogP contribution in [-0.4, -0.2) is 18.3 Å². The van der Waals surface area contributed by atoms with E-state index in [1.54, 1.807) is 0 Å². The van der Waals surface area contributed by atoms with E-state index in [2.05, 4.69) is 58.2 Å². The van der Waals surface area contributed by atoms with Crippen molar-refractivity contribution in [3.63, 3.8) is 0 Å². The average Bonchev–Trinajstić information content (AvgIpc) is 2.82. The van der Waals surface area contributed by atoms with Crippen LogP contribution in [0.1, 0.15) is 18.4 Å². The van der Waals surface area contributed by atoms with E-state index in [0.717, 1.165) is 11.2 Å². The standard InChI is InChI=1S/C17H17NSSe/c19-17-15-11-4-5-12-16(15)20-18(17)13-7-6-10-14-8-2-1-3-9-14/h1-5,8-9,11-12H,6-7,10,13H2. The number of aromatic nitrogens is 1. The zero-order chi connectivity index (χ0) is 13.8. The molecule has 1 heterocycles. The topological polar surface area (TPSA) is 4.93 Å². The summed E-state index contributed by atoms with van der Waals surface area (Å²) >= 11 is 5.97. The van der Waals surface area contributed by atoms with Crippen molar-refractivity contribution in [3.05, 3.63) is 64.8 Å². The predicted molar refractivity (Wildman–Crippen MR) is 89.1 cm³/mol. The molecule has 0 fully saturated rings. The zero-order valence-electron chi connectivity index (χ0n) is 11.3. The third-order valence-corrected chi connectivity index (χ3v) is 6.56. The molecule has 0 aliphatic rings. The molecule has 102 valence electrons. The third-order valence-electron chi connectivity index (χ3n) is 3.47. The number of nitrogens with zero attached hydrogens (tertiary/aromatic N) is 1. The first-order valence-electron chi connectivity index (χ1n) is 6.97. The summed E-state index contributed by atoms with van der Waals surface area (Å²) in [6.07, 6.45) is 3.61. The van der Waals surface area contributed by atoms with Crippen LogP contribution in [0.15, 0.2) is 54.6 Å². The Morgan fingerprint density at radius 1 is 0.900 bits per heavy atom. The van der Waals surface area contributed by atoms with Gasteiger partial charge in [0.15, 0.2) is 0 Å². The van der Waals surface area contributed by atoms with Crippen molar-refractivity contribution < 1.29 is 0 Å². The van der Waals surface area contributed by atoms with E-state index in [4.69, 9.17) is 12.2 Å². The molecule has 0 aliphatic carbocycles. The molecular weight excluding hydrogens is 329 g/mol. The van der Waals surface area contributed by atoms with E-state index in [1.165, 1.54) is 34.5 Å². The molecule has 0 atom stereocenters. The molecule has 0 unspecified atom stereocenters. The quantitative estimate of drug-likeness (QED) is 0.375. The fraction of sp³-hybridized carbons (Fsp3) is 0.235. The second-order valence-electron chi connectivity index (χ2n) is 4.94. The van der Waals surface area contributed by atoms with Crippen LogP contribution in [-0.2, 0) is 13.0 Å². The van der Waals surface area contributed by atoms with Gasteiger partial charge in [-0.3, -0.25) is 0 Å². The van der Waals surface area contributed by atoms with Crippen LogP contribution < -0.4 is 0 Å². The first kappa shape index (κ1) is 13.8. The summed E-state index contributed by atoms with van der Waals surface area (Å²) in [6, 6.07) is 19.3. The van der Waals surface area contributed by atoms with Gasteiger partial charge in [-0.15, -0.1) is 0 Å². The van der Waals surface area contributed by atoms with E-state index in [-0.39, 0.29) is 0 Å². The summed E-state index contributed by atoms with van der Waals surface area (Å²) in [5, 5.41) is 1.28. The van der Waals surface area contributed by atoms with Gasteiger partial charge in [0, 0.05) is 0 Å². The molecule has 2 aromatic carbocycles. The number of aryl methyl sites for hydroxylation is 2. The van der Waals surface area contributed by atoms with Crippen molar-refractivity contribution in [3.8, 4) is 0 Å². The van der Waals surface area contributed by atoms with Crippen molar-refractivity contribution >= 4 is 36.6 Å². The molecular formula is C17H17NSSe. The van der Waals surface area contributed by atoms with Crippen LogP contribution in [0.2, 0.25) is 0 Å². The number of hydrogen-bond acceptors (Lipinski definition) is 1. The summed E-state index contributed by atoms with van der Waals surface area (Å²) < 4.78 is 4.89. The Morgan fingerprint density at radius 2 is 1.65 bits per heavy atom. The Kier molecular flexibility index (Phi) is 4.51. The predicted octanol–water partition coefficient (Wildman–Crippen LogP) is 4.45. The van der Waals surface area contributed by atoms with Gasteiger partial charge in [-0.05, 0) is 0 Å². The Bertz CT molecular complexity index is 742. The van der Waals surface area contributed by atoms with Gasteiger partial charge in [-0.2, -0.15) is 0 Å². The summed E-state index contributed by atoms with van der Waals surface area (Å²) in [7, 11) is 0. The van der Waals surface area contributed by atoms with E-state index >= 15 is 0 Å². The van der Waals surface area contributed by atoms with E-state index in [1.807, 2.05) is 0 Å². The number of benzene rings is 2. The van der Waals surface area contributed by atoms with Crippen molar-refractivity contribution in [1.29, 1.82) is 0 Å². The van der Waals surface area contributed by atoms with Crippen LogP contribution in [0.5, 0.6) is 0 Å². The van der Waals surface area contributed by atoms with E-state index in [0.29, 0.717) is 14.7 Å². The zero-order valence-corrected chi connectivity index (χ0v) is 13.8. The second-order valence-corrected chi connectivity index (χ2v) is 7.55. The molecule has 0 saturated carbocycles. The molecule has 0 N–H and O–H groups in total. The molecule has 0 radical (unpaired) electrons. The second kappa shape index (κ2) is 6.53. The number of unbranched alkanes of at least 4 members (excludes halogenated alkanes) is 1. The average molecular weight is 346 g/mol. The number of rotatable bonds is 5. The molecule has 20 heavy (non-hydrogen) atoms.